The van der Waals surface area contributed by atoms with E-state index >= 15 is 0 Å². The second-order valence-electron chi connectivity index (χ2n) is 3.69. The fourth-order valence-electron chi connectivity index (χ4n) is 1.50. The maximum atomic E-state index is 11.2. The standard InChI is InChI=1S/C11H11BrO4/c1-11(10(15)16,6-9(13)14)7-4-2-3-5-8(7)12/h2-5H,6H2,1H3,(H,13,14)(H,15,16). The summed E-state index contributed by atoms with van der Waals surface area (Å²) >= 11 is 3.23. The van der Waals surface area contributed by atoms with Crippen LogP contribution in [0.5, 0.6) is 0 Å². The molecular formula is C11H11BrO4. The first-order valence-corrected chi connectivity index (χ1v) is 5.37. The average molecular weight is 287 g/mol. The zero-order valence-electron chi connectivity index (χ0n) is 8.61. The Hall–Kier alpha value is -1.36. The summed E-state index contributed by atoms with van der Waals surface area (Å²) in [6, 6.07) is 6.74. The van der Waals surface area contributed by atoms with Crippen LogP contribution in [-0.4, -0.2) is 22.2 Å². The van der Waals surface area contributed by atoms with Gasteiger partial charge in [-0.05, 0) is 18.6 Å². The Balaban J connectivity index is 3.27. The van der Waals surface area contributed by atoms with Gasteiger partial charge < -0.3 is 10.2 Å². The molecule has 0 aliphatic heterocycles. The Morgan fingerprint density at radius 2 is 1.88 bits per heavy atom. The van der Waals surface area contributed by atoms with Crippen LogP contribution in [0.15, 0.2) is 28.7 Å². The predicted molar refractivity (Wildman–Crippen MR) is 61.4 cm³/mol. The van der Waals surface area contributed by atoms with E-state index in [0.29, 0.717) is 10.0 Å². The quantitative estimate of drug-likeness (QED) is 0.890. The van der Waals surface area contributed by atoms with E-state index in [-0.39, 0.29) is 0 Å². The highest BCUT2D eigenvalue weighted by Crippen LogP contribution is 2.33. The molecule has 0 saturated heterocycles. The molecule has 0 aromatic heterocycles. The predicted octanol–water partition coefficient (Wildman–Crippen LogP) is 2.27. The zero-order valence-corrected chi connectivity index (χ0v) is 10.2. The lowest BCUT2D eigenvalue weighted by Gasteiger charge is -2.24. The van der Waals surface area contributed by atoms with Crippen LogP contribution in [0.3, 0.4) is 0 Å². The Labute approximate surface area is 101 Å². The molecule has 0 fully saturated rings. The van der Waals surface area contributed by atoms with E-state index in [0.717, 1.165) is 0 Å². The third kappa shape index (κ3) is 2.41. The molecule has 4 nitrogen and oxygen atoms in total. The van der Waals surface area contributed by atoms with Crippen LogP contribution in [0, 0.1) is 0 Å². The van der Waals surface area contributed by atoms with Crippen LogP contribution in [-0.2, 0) is 15.0 Å². The number of rotatable bonds is 4. The van der Waals surface area contributed by atoms with Gasteiger partial charge in [0, 0.05) is 4.47 Å². The van der Waals surface area contributed by atoms with Gasteiger partial charge in [0.25, 0.3) is 0 Å². The third-order valence-corrected chi connectivity index (χ3v) is 3.14. The van der Waals surface area contributed by atoms with Crippen molar-refractivity contribution in [2.24, 2.45) is 0 Å². The van der Waals surface area contributed by atoms with Gasteiger partial charge in [0.15, 0.2) is 0 Å². The lowest BCUT2D eigenvalue weighted by molar-refractivity contribution is -0.149. The first-order chi connectivity index (χ1) is 7.38. The molecule has 0 spiro atoms. The highest BCUT2D eigenvalue weighted by molar-refractivity contribution is 9.10. The molecule has 1 rings (SSSR count). The molecule has 0 amide bonds. The molecule has 16 heavy (non-hydrogen) atoms. The van der Waals surface area contributed by atoms with Crippen LogP contribution < -0.4 is 0 Å². The molecule has 86 valence electrons. The van der Waals surface area contributed by atoms with Crippen molar-refractivity contribution >= 4 is 27.9 Å². The summed E-state index contributed by atoms with van der Waals surface area (Å²) < 4.78 is 0.598. The molecule has 0 aliphatic carbocycles. The van der Waals surface area contributed by atoms with E-state index in [1.807, 2.05) is 0 Å². The van der Waals surface area contributed by atoms with Crippen molar-refractivity contribution in [1.82, 2.24) is 0 Å². The van der Waals surface area contributed by atoms with E-state index in [1.54, 1.807) is 24.3 Å². The summed E-state index contributed by atoms with van der Waals surface area (Å²) in [5.74, 6) is -2.29. The molecule has 2 N–H and O–H groups in total. The first-order valence-electron chi connectivity index (χ1n) is 4.58. The van der Waals surface area contributed by atoms with Crippen LogP contribution in [0.1, 0.15) is 18.9 Å². The van der Waals surface area contributed by atoms with Gasteiger partial charge >= 0.3 is 11.9 Å². The Kier molecular flexibility index (Phi) is 3.70. The van der Waals surface area contributed by atoms with Crippen molar-refractivity contribution in [2.45, 2.75) is 18.8 Å². The van der Waals surface area contributed by atoms with Gasteiger partial charge in [-0.1, -0.05) is 34.1 Å². The highest BCUT2D eigenvalue weighted by atomic mass is 79.9. The van der Waals surface area contributed by atoms with Crippen molar-refractivity contribution < 1.29 is 19.8 Å². The lowest BCUT2D eigenvalue weighted by atomic mass is 9.79. The van der Waals surface area contributed by atoms with Gasteiger partial charge in [-0.15, -0.1) is 0 Å². The highest BCUT2D eigenvalue weighted by Gasteiger charge is 2.38. The maximum absolute atomic E-state index is 11.2. The molecule has 0 bridgehead atoms. The fourth-order valence-corrected chi connectivity index (χ4v) is 2.22. The number of halogens is 1. The molecule has 1 aromatic rings. The number of carboxylic acids is 2. The van der Waals surface area contributed by atoms with Crippen LogP contribution >= 0.6 is 15.9 Å². The maximum Gasteiger partial charge on any atom is 0.314 e. The molecule has 0 heterocycles. The normalized spacial score (nSPS) is 14.1. The lowest BCUT2D eigenvalue weighted by Crippen LogP contribution is -2.35. The SMILES string of the molecule is CC(CC(=O)O)(C(=O)O)c1ccccc1Br. The number of carboxylic acid groups (broad SMARTS) is 2. The minimum absolute atomic E-state index is 0.453. The molecule has 1 unspecified atom stereocenters. The summed E-state index contributed by atoms with van der Waals surface area (Å²) in [5, 5.41) is 17.9. The Morgan fingerprint density at radius 3 is 2.31 bits per heavy atom. The van der Waals surface area contributed by atoms with Gasteiger partial charge in [-0.3, -0.25) is 9.59 Å². The van der Waals surface area contributed by atoms with E-state index in [4.69, 9.17) is 5.11 Å². The topological polar surface area (TPSA) is 74.6 Å². The number of benzene rings is 1. The third-order valence-electron chi connectivity index (χ3n) is 2.45. The molecule has 5 heteroatoms. The fraction of sp³-hybridized carbons (Fsp3) is 0.273. The number of carbonyl (C=O) groups is 2. The molecule has 1 atom stereocenters. The summed E-state index contributed by atoms with van der Waals surface area (Å²) in [6.07, 6.45) is -0.453. The van der Waals surface area contributed by atoms with Crippen molar-refractivity contribution in [3.63, 3.8) is 0 Å². The summed E-state index contributed by atoms with van der Waals surface area (Å²) in [7, 11) is 0. The van der Waals surface area contributed by atoms with Gasteiger partial charge in [0.05, 0.1) is 6.42 Å². The van der Waals surface area contributed by atoms with Crippen LogP contribution in [0.4, 0.5) is 0 Å². The molecule has 0 radical (unpaired) electrons. The average Bonchev–Trinajstić information content (AvgIpc) is 2.16. The van der Waals surface area contributed by atoms with E-state index in [1.165, 1.54) is 6.92 Å². The van der Waals surface area contributed by atoms with Crippen LogP contribution in [0.2, 0.25) is 0 Å². The Morgan fingerprint density at radius 1 is 1.31 bits per heavy atom. The van der Waals surface area contributed by atoms with Gasteiger partial charge in [0.2, 0.25) is 0 Å². The number of hydrogen-bond acceptors (Lipinski definition) is 2. The summed E-state index contributed by atoms with van der Waals surface area (Å²) in [5.41, 5.74) is -0.962. The van der Waals surface area contributed by atoms with Gasteiger partial charge in [0.1, 0.15) is 5.41 Å². The first kappa shape index (κ1) is 12.7. The van der Waals surface area contributed by atoms with E-state index in [9.17, 15) is 14.7 Å². The largest absolute Gasteiger partial charge is 0.481 e. The molecular weight excluding hydrogens is 276 g/mol. The minimum atomic E-state index is -1.42. The summed E-state index contributed by atoms with van der Waals surface area (Å²) in [6.45, 7) is 1.41. The smallest absolute Gasteiger partial charge is 0.314 e. The zero-order chi connectivity index (χ0) is 12.3. The van der Waals surface area contributed by atoms with Crippen molar-refractivity contribution in [3.05, 3.63) is 34.3 Å². The van der Waals surface area contributed by atoms with Gasteiger partial charge in [-0.2, -0.15) is 0 Å². The monoisotopic (exact) mass is 286 g/mol. The molecule has 0 aliphatic rings. The van der Waals surface area contributed by atoms with Crippen LogP contribution in [0.25, 0.3) is 0 Å². The van der Waals surface area contributed by atoms with Crippen molar-refractivity contribution in [1.29, 1.82) is 0 Å². The molecule has 1 aromatic carbocycles. The number of aliphatic carboxylic acids is 2. The second kappa shape index (κ2) is 4.65. The van der Waals surface area contributed by atoms with E-state index < -0.39 is 23.8 Å². The van der Waals surface area contributed by atoms with Crippen molar-refractivity contribution in [2.75, 3.05) is 0 Å². The summed E-state index contributed by atoms with van der Waals surface area (Å²) in [4.78, 5) is 22.0. The van der Waals surface area contributed by atoms with Gasteiger partial charge in [-0.25, -0.2) is 0 Å². The Bertz CT molecular complexity index is 430. The van der Waals surface area contributed by atoms with E-state index in [2.05, 4.69) is 15.9 Å². The molecule has 0 saturated carbocycles. The minimum Gasteiger partial charge on any atom is -0.481 e. The number of hydrogen-bond donors (Lipinski definition) is 2. The van der Waals surface area contributed by atoms with Crippen molar-refractivity contribution in [3.8, 4) is 0 Å². The second-order valence-corrected chi connectivity index (χ2v) is 4.54.